The second kappa shape index (κ2) is 12.0. The first-order valence-corrected chi connectivity index (χ1v) is 15.3. The van der Waals surface area contributed by atoms with E-state index in [0.29, 0.717) is 31.5 Å². The molecule has 3 atom stereocenters. The van der Waals surface area contributed by atoms with Crippen LogP contribution in [0.15, 0.2) is 28.1 Å². The molecule has 0 aromatic carbocycles. The highest BCUT2D eigenvalue weighted by atomic mass is 32.2. The molecule has 3 saturated heterocycles. The zero-order chi connectivity index (χ0) is 32.8. The van der Waals surface area contributed by atoms with E-state index in [9.17, 15) is 44.1 Å². The second-order valence-corrected chi connectivity index (χ2v) is 12.8. The second-order valence-electron chi connectivity index (χ2n) is 10.9. The molecular formula is C25H28N8O10S2. The zero-order valence-corrected chi connectivity index (χ0v) is 25.5. The lowest BCUT2D eigenvalue weighted by Crippen LogP contribution is -2.71. The molecule has 0 aliphatic carbocycles. The average molecular weight is 665 g/mol. The lowest BCUT2D eigenvalue weighted by molar-refractivity contribution is -0.161. The Morgan fingerprint density at radius 1 is 1.18 bits per heavy atom. The molecule has 5 heterocycles. The molecule has 6 N–H and O–H groups in total. The summed E-state index contributed by atoms with van der Waals surface area (Å²) in [5, 5.41) is 33.9. The molecule has 5 rings (SSSR count). The van der Waals surface area contributed by atoms with Gasteiger partial charge in [0.15, 0.2) is 5.13 Å². The average Bonchev–Trinajstić information content (AvgIpc) is 3.72. The van der Waals surface area contributed by atoms with Gasteiger partial charge < -0.3 is 41.0 Å². The molecule has 1 aromatic rings. The first-order valence-electron chi connectivity index (χ1n) is 13.5. The van der Waals surface area contributed by atoms with E-state index in [2.05, 4.69) is 19.8 Å². The van der Waals surface area contributed by atoms with Crippen molar-refractivity contribution in [3.8, 4) is 0 Å². The van der Waals surface area contributed by atoms with Crippen molar-refractivity contribution in [2.75, 3.05) is 31.1 Å². The number of carboxylic acid groups (broad SMARTS) is 3. The van der Waals surface area contributed by atoms with Gasteiger partial charge in [0.1, 0.15) is 17.1 Å². The van der Waals surface area contributed by atoms with E-state index in [-0.39, 0.29) is 46.5 Å². The van der Waals surface area contributed by atoms with E-state index in [1.165, 1.54) is 36.6 Å². The highest BCUT2D eigenvalue weighted by Gasteiger charge is 2.54. The van der Waals surface area contributed by atoms with Crippen molar-refractivity contribution in [3.05, 3.63) is 28.7 Å². The summed E-state index contributed by atoms with van der Waals surface area (Å²) in [5.41, 5.74) is 3.54. The predicted octanol–water partition coefficient (Wildman–Crippen LogP) is -0.646. The summed E-state index contributed by atoms with van der Waals surface area (Å²) >= 11 is 1.92. The van der Waals surface area contributed by atoms with E-state index in [4.69, 9.17) is 10.6 Å². The molecule has 3 fully saturated rings. The van der Waals surface area contributed by atoms with Crippen LogP contribution in [0.2, 0.25) is 0 Å². The molecule has 20 heteroatoms. The van der Waals surface area contributed by atoms with Crippen LogP contribution in [0.1, 0.15) is 32.5 Å². The number of nitrogens with zero attached hydrogens (tertiary/aromatic N) is 6. The third-order valence-electron chi connectivity index (χ3n) is 7.62. The Hall–Kier alpha value is -4.72. The summed E-state index contributed by atoms with van der Waals surface area (Å²) in [6.07, 6.45) is 1.26. The van der Waals surface area contributed by atoms with Crippen molar-refractivity contribution in [1.82, 2.24) is 29.4 Å². The highest BCUT2D eigenvalue weighted by molar-refractivity contribution is 8.00. The van der Waals surface area contributed by atoms with E-state index < -0.39 is 52.6 Å². The zero-order valence-electron chi connectivity index (χ0n) is 23.8. The quantitative estimate of drug-likeness (QED) is 0.0952. The first-order chi connectivity index (χ1) is 21.2. The van der Waals surface area contributed by atoms with Crippen LogP contribution in [0.5, 0.6) is 0 Å². The molecule has 45 heavy (non-hydrogen) atoms. The maximum absolute atomic E-state index is 13.2. The Balaban J connectivity index is 1.33. The number of nitrogens with two attached hydrogens (primary N) is 1. The Labute approximate surface area is 262 Å². The molecule has 4 amide bonds. The number of likely N-dealkylation sites (tertiary alicyclic amines) is 2. The molecule has 1 aromatic heterocycles. The Morgan fingerprint density at radius 3 is 2.51 bits per heavy atom. The number of hydrogen-bond donors (Lipinski definition) is 5. The number of nitrogens with one attached hydrogen (secondary N) is 1. The van der Waals surface area contributed by atoms with Crippen molar-refractivity contribution < 1.29 is 48.9 Å². The number of aromatic nitrogens is 2. The summed E-state index contributed by atoms with van der Waals surface area (Å²) < 4.78 is 3.91. The minimum absolute atomic E-state index is 0.0102. The molecule has 0 radical (unpaired) electrons. The summed E-state index contributed by atoms with van der Waals surface area (Å²) in [7, 11) is 0. The maximum atomic E-state index is 13.2. The number of anilines is 1. The van der Waals surface area contributed by atoms with Gasteiger partial charge in [-0.1, -0.05) is 5.16 Å². The SMILES string of the molecule is CC(C)(O/N=C(\C(=O)N[C@H]1C(=O)N2C(C(=O)O)=C(/C=C3\CCN(C4CCN(C(=O)O)C4)C3=O)CSC12)c1nsc(N)n1)C(=O)O. The van der Waals surface area contributed by atoms with E-state index in [1.54, 1.807) is 4.90 Å². The molecule has 2 unspecified atom stereocenters. The van der Waals surface area contributed by atoms with Gasteiger partial charge in [0.25, 0.3) is 11.8 Å². The number of fused-ring (bicyclic) bond motifs is 1. The third-order valence-corrected chi connectivity index (χ3v) is 9.46. The van der Waals surface area contributed by atoms with Gasteiger partial charge in [0, 0.05) is 42.5 Å². The largest absolute Gasteiger partial charge is 0.478 e. The molecule has 0 saturated carbocycles. The van der Waals surface area contributed by atoms with Crippen LogP contribution in [-0.2, 0) is 28.8 Å². The number of oxime groups is 1. The number of β-lactam (4-membered cyclic amide) rings is 1. The van der Waals surface area contributed by atoms with Gasteiger partial charge in [-0.25, -0.2) is 14.4 Å². The highest BCUT2D eigenvalue weighted by Crippen LogP contribution is 2.41. The van der Waals surface area contributed by atoms with Crippen LogP contribution in [0.25, 0.3) is 0 Å². The number of carbonyl (C=O) groups is 6. The van der Waals surface area contributed by atoms with Crippen LogP contribution in [-0.4, -0.2) is 129 Å². The van der Waals surface area contributed by atoms with Crippen LogP contribution in [0, 0.1) is 0 Å². The van der Waals surface area contributed by atoms with E-state index in [1.807, 2.05) is 0 Å². The fraction of sp³-hybridized carbons (Fsp3) is 0.480. The number of rotatable bonds is 9. The molecule has 240 valence electrons. The molecule has 0 bridgehead atoms. The maximum Gasteiger partial charge on any atom is 0.407 e. The lowest BCUT2D eigenvalue weighted by atomic mass is 10.0. The normalized spacial score (nSPS) is 24.6. The van der Waals surface area contributed by atoms with Crippen LogP contribution >= 0.6 is 23.3 Å². The summed E-state index contributed by atoms with van der Waals surface area (Å²) in [4.78, 5) is 87.5. The first kappa shape index (κ1) is 31.7. The minimum Gasteiger partial charge on any atom is -0.478 e. The summed E-state index contributed by atoms with van der Waals surface area (Å²) in [6, 6.07) is -1.45. The Bertz CT molecular complexity index is 1590. The Kier molecular flexibility index (Phi) is 8.45. The van der Waals surface area contributed by atoms with E-state index in [0.717, 1.165) is 16.4 Å². The summed E-state index contributed by atoms with van der Waals surface area (Å²) in [6.45, 7) is 3.29. The fourth-order valence-electron chi connectivity index (χ4n) is 5.17. The van der Waals surface area contributed by atoms with Crippen molar-refractivity contribution >= 4 is 69.9 Å². The molecule has 4 aliphatic heterocycles. The summed E-state index contributed by atoms with van der Waals surface area (Å²) in [5.74, 6) is -4.94. The van der Waals surface area contributed by atoms with Gasteiger partial charge in [-0.05, 0) is 38.3 Å². The smallest absolute Gasteiger partial charge is 0.407 e. The number of aliphatic carboxylic acids is 2. The van der Waals surface area contributed by atoms with Crippen molar-refractivity contribution in [1.29, 1.82) is 0 Å². The number of hydrogen-bond acceptors (Lipinski definition) is 13. The van der Waals surface area contributed by atoms with Gasteiger partial charge >= 0.3 is 18.0 Å². The number of carbonyl (C=O) groups excluding carboxylic acids is 3. The number of allylic oxidation sites excluding steroid dienone is 1. The third kappa shape index (κ3) is 6.01. The van der Waals surface area contributed by atoms with Crippen molar-refractivity contribution in [3.63, 3.8) is 0 Å². The monoisotopic (exact) mass is 664 g/mol. The standard InChI is InChI=1S/C25H28N8O10S2/c1-25(2,22(39)40)43-29-13(16-28-23(26)45-30-16)17(34)27-14-19(36)33-15(21(37)38)11(9-44-20(14)33)7-10-3-6-32(18(10)35)12-4-5-31(8-12)24(41)42/h7,12,14,20H,3-6,8-9H2,1-2H3,(H,27,34)(H,37,38)(H,39,40)(H,41,42)(H2,26,28,30)/b10-7+,29-13-/t12?,14-,20?/m0/s1. The predicted molar refractivity (Wildman–Crippen MR) is 156 cm³/mol. The minimum atomic E-state index is -1.82. The van der Waals surface area contributed by atoms with Gasteiger partial charge in [0.2, 0.25) is 23.0 Å². The number of carboxylic acids is 2. The lowest BCUT2D eigenvalue weighted by Gasteiger charge is -2.49. The van der Waals surface area contributed by atoms with E-state index >= 15 is 0 Å². The number of amides is 4. The topological polar surface area (TPSA) is 258 Å². The van der Waals surface area contributed by atoms with Gasteiger partial charge in [-0.3, -0.25) is 19.3 Å². The van der Waals surface area contributed by atoms with Crippen molar-refractivity contribution in [2.45, 2.75) is 49.7 Å². The molecule has 4 aliphatic rings. The van der Waals surface area contributed by atoms with Gasteiger partial charge in [-0.15, -0.1) is 11.8 Å². The molecular weight excluding hydrogens is 636 g/mol. The van der Waals surface area contributed by atoms with Crippen LogP contribution in [0.4, 0.5) is 9.93 Å². The molecule has 0 spiro atoms. The van der Waals surface area contributed by atoms with Crippen LogP contribution < -0.4 is 11.1 Å². The van der Waals surface area contributed by atoms with Gasteiger partial charge in [0.05, 0.1) is 6.04 Å². The number of thioether (sulfide) groups is 1. The number of nitrogen functional groups attached to an aromatic ring is 1. The van der Waals surface area contributed by atoms with Crippen LogP contribution in [0.3, 0.4) is 0 Å². The fourth-order valence-corrected chi connectivity index (χ4v) is 6.91. The van der Waals surface area contributed by atoms with Gasteiger partial charge in [-0.2, -0.15) is 9.36 Å². The van der Waals surface area contributed by atoms with Crippen molar-refractivity contribution in [2.24, 2.45) is 5.16 Å². The molecule has 18 nitrogen and oxygen atoms in total. The Morgan fingerprint density at radius 2 is 1.91 bits per heavy atom.